The molecule has 224 valence electrons. The summed E-state index contributed by atoms with van der Waals surface area (Å²) in [6.45, 7) is 0. The normalized spacial score (nSPS) is 11.8. The quantitative estimate of drug-likeness (QED) is 0.185. The zero-order chi connectivity index (χ0) is 31.6. The van der Waals surface area contributed by atoms with Crippen LogP contribution >= 0.6 is 0 Å². The van der Waals surface area contributed by atoms with Gasteiger partial charge in [-0.1, -0.05) is 133 Å². The van der Waals surface area contributed by atoms with Gasteiger partial charge in [0.15, 0.2) is 0 Å². The summed E-state index contributed by atoms with van der Waals surface area (Å²) in [5.74, 6) is 0.875. The first-order valence-electron chi connectivity index (χ1n) is 16.3. The number of furan rings is 2. The summed E-state index contributed by atoms with van der Waals surface area (Å²) in [5.41, 5.74) is 10.9. The third kappa shape index (κ3) is 4.13. The Labute approximate surface area is 277 Å². The highest BCUT2D eigenvalue weighted by Crippen LogP contribution is 2.47. The van der Waals surface area contributed by atoms with Gasteiger partial charge in [-0.3, -0.25) is 0 Å². The van der Waals surface area contributed by atoms with Crippen molar-refractivity contribution in [2.45, 2.75) is 0 Å². The van der Waals surface area contributed by atoms with Crippen LogP contribution in [0.25, 0.3) is 99.2 Å². The third-order valence-corrected chi connectivity index (χ3v) is 9.67. The SMILES string of the molecule is c1ccc(-c2cc3cc(-c4ccc5c(c4)oc4cccc(-c6c7ccccc7c(-c7ccccc7)c7ccccc67)c45)ccc3o2)cc1. The van der Waals surface area contributed by atoms with Gasteiger partial charge in [-0.15, -0.1) is 0 Å². The molecule has 0 N–H and O–H groups in total. The first kappa shape index (κ1) is 26.8. The lowest BCUT2D eigenvalue weighted by Gasteiger charge is -2.18. The molecule has 0 radical (unpaired) electrons. The van der Waals surface area contributed by atoms with Gasteiger partial charge < -0.3 is 8.83 Å². The molecule has 8 aromatic carbocycles. The van der Waals surface area contributed by atoms with Crippen molar-refractivity contribution < 1.29 is 8.83 Å². The molecule has 0 aliphatic carbocycles. The van der Waals surface area contributed by atoms with Gasteiger partial charge in [-0.05, 0) is 91.3 Å². The predicted molar refractivity (Wildman–Crippen MR) is 200 cm³/mol. The minimum atomic E-state index is 0.875. The Hall–Kier alpha value is -6.38. The fourth-order valence-corrected chi connectivity index (χ4v) is 7.52. The molecule has 2 nitrogen and oxygen atoms in total. The van der Waals surface area contributed by atoms with Crippen LogP contribution in [0.15, 0.2) is 179 Å². The van der Waals surface area contributed by atoms with E-state index in [1.165, 1.54) is 43.8 Å². The molecule has 0 atom stereocenters. The lowest BCUT2D eigenvalue weighted by Crippen LogP contribution is -1.91. The van der Waals surface area contributed by atoms with E-state index in [1.54, 1.807) is 0 Å². The molecule has 0 fully saturated rings. The molecule has 0 spiro atoms. The fraction of sp³-hybridized carbons (Fsp3) is 0. The van der Waals surface area contributed by atoms with Crippen molar-refractivity contribution in [1.29, 1.82) is 0 Å². The van der Waals surface area contributed by atoms with Gasteiger partial charge in [0, 0.05) is 21.7 Å². The van der Waals surface area contributed by atoms with Crippen LogP contribution in [0.4, 0.5) is 0 Å². The van der Waals surface area contributed by atoms with E-state index >= 15 is 0 Å². The molecule has 0 aliphatic rings. The maximum Gasteiger partial charge on any atom is 0.136 e. The second-order valence-electron chi connectivity index (χ2n) is 12.4. The summed E-state index contributed by atoms with van der Waals surface area (Å²) in [7, 11) is 0. The predicted octanol–water partition coefficient (Wildman–Crippen LogP) is 13.3. The standard InChI is InChI=1S/C46H28O2/c1-3-12-29(13-4-1)42-28-33-26-31(23-25-40(33)47-42)32-22-24-38-43(27-32)48-41-21-11-20-39(46(38)41)45-36-18-9-7-16-34(36)44(30-14-5-2-6-15-30)35-17-8-10-19-37(35)45/h1-28H. The van der Waals surface area contributed by atoms with Crippen LogP contribution in [0.2, 0.25) is 0 Å². The number of hydrogen-bond donors (Lipinski definition) is 0. The largest absolute Gasteiger partial charge is 0.456 e. The van der Waals surface area contributed by atoms with Crippen LogP contribution < -0.4 is 0 Å². The Morgan fingerprint density at radius 1 is 0.312 bits per heavy atom. The zero-order valence-electron chi connectivity index (χ0n) is 26.0. The van der Waals surface area contributed by atoms with Crippen LogP contribution in [0, 0.1) is 0 Å². The second kappa shape index (κ2) is 10.6. The molecule has 0 amide bonds. The Morgan fingerprint density at radius 2 is 0.917 bits per heavy atom. The van der Waals surface area contributed by atoms with Gasteiger partial charge in [-0.2, -0.15) is 0 Å². The van der Waals surface area contributed by atoms with Gasteiger partial charge in [0.25, 0.3) is 0 Å². The summed E-state index contributed by atoms with van der Waals surface area (Å²) < 4.78 is 12.8. The molecule has 0 bridgehead atoms. The molecule has 2 aromatic heterocycles. The van der Waals surface area contributed by atoms with Gasteiger partial charge >= 0.3 is 0 Å². The fourth-order valence-electron chi connectivity index (χ4n) is 7.52. The lowest BCUT2D eigenvalue weighted by atomic mass is 9.85. The highest BCUT2D eigenvalue weighted by molar-refractivity contribution is 6.25. The Bertz CT molecular complexity index is 2760. The first-order chi connectivity index (χ1) is 23.8. The molecule has 0 saturated heterocycles. The first-order valence-corrected chi connectivity index (χ1v) is 16.3. The lowest BCUT2D eigenvalue weighted by molar-refractivity contribution is 0.631. The Balaban J connectivity index is 1.17. The smallest absolute Gasteiger partial charge is 0.136 e. The Morgan fingerprint density at radius 3 is 1.62 bits per heavy atom. The molecular formula is C46H28O2. The summed E-state index contributed by atoms with van der Waals surface area (Å²) in [6, 6.07) is 60.2. The number of benzene rings is 8. The van der Waals surface area contributed by atoms with E-state index < -0.39 is 0 Å². The number of fused-ring (bicyclic) bond motifs is 6. The Kier molecular flexibility index (Phi) is 5.91. The minimum Gasteiger partial charge on any atom is -0.456 e. The van der Waals surface area contributed by atoms with E-state index in [2.05, 4.69) is 152 Å². The molecule has 0 saturated carbocycles. The summed E-state index contributed by atoms with van der Waals surface area (Å²) in [4.78, 5) is 0. The van der Waals surface area contributed by atoms with Gasteiger partial charge in [0.1, 0.15) is 22.5 Å². The van der Waals surface area contributed by atoms with E-state index in [-0.39, 0.29) is 0 Å². The van der Waals surface area contributed by atoms with Crippen molar-refractivity contribution in [2.24, 2.45) is 0 Å². The van der Waals surface area contributed by atoms with Crippen LogP contribution in [0.1, 0.15) is 0 Å². The average molecular weight is 613 g/mol. The highest BCUT2D eigenvalue weighted by atomic mass is 16.3. The monoisotopic (exact) mass is 612 g/mol. The van der Waals surface area contributed by atoms with Crippen molar-refractivity contribution in [1.82, 2.24) is 0 Å². The van der Waals surface area contributed by atoms with E-state index in [0.717, 1.165) is 55.4 Å². The zero-order valence-corrected chi connectivity index (χ0v) is 26.0. The molecule has 0 aliphatic heterocycles. The molecule has 10 aromatic rings. The maximum absolute atomic E-state index is 6.62. The second-order valence-corrected chi connectivity index (χ2v) is 12.4. The van der Waals surface area contributed by atoms with E-state index in [9.17, 15) is 0 Å². The van der Waals surface area contributed by atoms with Crippen molar-refractivity contribution in [3.05, 3.63) is 170 Å². The topological polar surface area (TPSA) is 26.3 Å². The van der Waals surface area contributed by atoms with Crippen molar-refractivity contribution in [3.8, 4) is 44.7 Å². The average Bonchev–Trinajstić information content (AvgIpc) is 3.76. The van der Waals surface area contributed by atoms with E-state index in [1.807, 2.05) is 18.2 Å². The van der Waals surface area contributed by atoms with E-state index in [4.69, 9.17) is 8.83 Å². The van der Waals surface area contributed by atoms with Gasteiger partial charge in [-0.25, -0.2) is 0 Å². The molecule has 2 heteroatoms. The van der Waals surface area contributed by atoms with Crippen molar-refractivity contribution in [2.75, 3.05) is 0 Å². The maximum atomic E-state index is 6.62. The van der Waals surface area contributed by atoms with Crippen LogP contribution in [0.5, 0.6) is 0 Å². The van der Waals surface area contributed by atoms with Gasteiger partial charge in [0.05, 0.1) is 0 Å². The highest BCUT2D eigenvalue weighted by Gasteiger charge is 2.20. The summed E-state index contributed by atoms with van der Waals surface area (Å²) in [6.07, 6.45) is 0. The third-order valence-electron chi connectivity index (χ3n) is 9.67. The molecular weight excluding hydrogens is 585 g/mol. The van der Waals surface area contributed by atoms with Crippen LogP contribution in [-0.2, 0) is 0 Å². The van der Waals surface area contributed by atoms with Crippen molar-refractivity contribution >= 4 is 54.5 Å². The van der Waals surface area contributed by atoms with Crippen molar-refractivity contribution in [3.63, 3.8) is 0 Å². The molecule has 48 heavy (non-hydrogen) atoms. The molecule has 2 heterocycles. The molecule has 0 unspecified atom stereocenters. The van der Waals surface area contributed by atoms with Crippen LogP contribution in [0.3, 0.4) is 0 Å². The minimum absolute atomic E-state index is 0.875. The van der Waals surface area contributed by atoms with E-state index in [0.29, 0.717) is 0 Å². The summed E-state index contributed by atoms with van der Waals surface area (Å²) in [5, 5.41) is 8.29. The molecule has 10 rings (SSSR count). The summed E-state index contributed by atoms with van der Waals surface area (Å²) >= 11 is 0. The number of rotatable bonds is 4. The number of hydrogen-bond acceptors (Lipinski definition) is 2. The van der Waals surface area contributed by atoms with Crippen LogP contribution in [-0.4, -0.2) is 0 Å². The van der Waals surface area contributed by atoms with Gasteiger partial charge in [0.2, 0.25) is 0 Å².